The molecule has 1 atom stereocenters. The monoisotopic (exact) mass is 483 g/mol. The van der Waals surface area contributed by atoms with Gasteiger partial charge >= 0.3 is 5.97 Å². The maximum absolute atomic E-state index is 13.6. The molecule has 0 fully saturated rings. The molecule has 35 heavy (non-hydrogen) atoms. The summed E-state index contributed by atoms with van der Waals surface area (Å²) in [6.07, 6.45) is 0.182. The van der Waals surface area contributed by atoms with Gasteiger partial charge in [-0.15, -0.1) is 0 Å². The van der Waals surface area contributed by atoms with Crippen molar-refractivity contribution in [3.05, 3.63) is 143 Å². The second-order valence-corrected chi connectivity index (χ2v) is 8.91. The lowest BCUT2D eigenvalue weighted by Crippen LogP contribution is -2.45. The van der Waals surface area contributed by atoms with Crippen LogP contribution in [0.1, 0.15) is 28.7 Å². The first-order chi connectivity index (χ1) is 17.0. The molecule has 5 heteroatoms. The van der Waals surface area contributed by atoms with E-state index in [4.69, 9.17) is 11.6 Å². The van der Waals surface area contributed by atoms with Gasteiger partial charge in [0.1, 0.15) is 6.04 Å². The van der Waals surface area contributed by atoms with Gasteiger partial charge in [0.15, 0.2) is 0 Å². The molecule has 0 aliphatic heterocycles. The molecule has 0 aliphatic carbocycles. The molecule has 0 bridgehead atoms. The summed E-state index contributed by atoms with van der Waals surface area (Å²) in [6.45, 7) is 0. The van der Waals surface area contributed by atoms with Gasteiger partial charge in [-0.3, -0.25) is 4.79 Å². The molecular weight excluding hydrogens is 458 g/mol. The number of rotatable bonds is 9. The van der Waals surface area contributed by atoms with Gasteiger partial charge in [0.2, 0.25) is 5.91 Å². The van der Waals surface area contributed by atoms with Gasteiger partial charge in [0.25, 0.3) is 0 Å². The fraction of sp³-hybridized carbons (Fsp3) is 0.133. The number of amides is 1. The highest BCUT2D eigenvalue weighted by Crippen LogP contribution is 2.42. The fourth-order valence-corrected chi connectivity index (χ4v) is 4.77. The van der Waals surface area contributed by atoms with Crippen LogP contribution in [0.2, 0.25) is 5.02 Å². The Balaban J connectivity index is 1.73. The number of carboxylic acids is 1. The number of hydrogen-bond acceptors (Lipinski definition) is 2. The minimum Gasteiger partial charge on any atom is -0.480 e. The molecule has 0 heterocycles. The SMILES string of the molecule is O=C(CC(c1ccccc1)(c1ccccc1)c1ccccc1)N[C@@H](Cc1cccc(Cl)c1)C(=O)O. The topological polar surface area (TPSA) is 66.4 Å². The second-order valence-electron chi connectivity index (χ2n) is 8.47. The van der Waals surface area contributed by atoms with Gasteiger partial charge in [-0.2, -0.15) is 0 Å². The summed E-state index contributed by atoms with van der Waals surface area (Å²) in [5, 5.41) is 13.1. The van der Waals surface area contributed by atoms with Crippen LogP contribution in [0.15, 0.2) is 115 Å². The lowest BCUT2D eigenvalue weighted by atomic mass is 9.67. The molecule has 0 saturated heterocycles. The molecule has 4 aromatic rings. The minimum absolute atomic E-state index is 0.0460. The summed E-state index contributed by atoms with van der Waals surface area (Å²) in [5.41, 5.74) is 2.80. The van der Waals surface area contributed by atoms with Gasteiger partial charge < -0.3 is 10.4 Å². The molecule has 0 aromatic heterocycles. The minimum atomic E-state index is -1.09. The van der Waals surface area contributed by atoms with Crippen LogP contribution >= 0.6 is 11.6 Å². The molecule has 1 amide bonds. The van der Waals surface area contributed by atoms with Crippen LogP contribution in [-0.4, -0.2) is 23.0 Å². The van der Waals surface area contributed by atoms with Crippen molar-refractivity contribution in [3.8, 4) is 0 Å². The van der Waals surface area contributed by atoms with Crippen molar-refractivity contribution < 1.29 is 14.7 Å². The second kappa shape index (κ2) is 11.0. The van der Waals surface area contributed by atoms with E-state index < -0.39 is 17.4 Å². The molecule has 2 N–H and O–H groups in total. The van der Waals surface area contributed by atoms with Gasteiger partial charge in [-0.05, 0) is 34.4 Å². The summed E-state index contributed by atoms with van der Waals surface area (Å²) in [7, 11) is 0. The first-order valence-corrected chi connectivity index (χ1v) is 11.8. The van der Waals surface area contributed by atoms with E-state index in [1.54, 1.807) is 24.3 Å². The van der Waals surface area contributed by atoms with E-state index in [0.717, 1.165) is 22.3 Å². The maximum Gasteiger partial charge on any atom is 0.326 e. The fourth-order valence-electron chi connectivity index (χ4n) is 4.56. The Morgan fingerprint density at radius 1 is 0.743 bits per heavy atom. The van der Waals surface area contributed by atoms with Crippen molar-refractivity contribution in [3.63, 3.8) is 0 Å². The average molecular weight is 484 g/mol. The Kier molecular flexibility index (Phi) is 7.64. The average Bonchev–Trinajstić information content (AvgIpc) is 2.88. The lowest BCUT2D eigenvalue weighted by Gasteiger charge is -2.36. The van der Waals surface area contributed by atoms with Crippen molar-refractivity contribution in [2.24, 2.45) is 0 Å². The highest BCUT2D eigenvalue weighted by atomic mass is 35.5. The van der Waals surface area contributed by atoms with Crippen LogP contribution in [0.25, 0.3) is 0 Å². The van der Waals surface area contributed by atoms with E-state index >= 15 is 0 Å². The molecule has 4 aromatic carbocycles. The molecule has 176 valence electrons. The third-order valence-electron chi connectivity index (χ3n) is 6.19. The van der Waals surface area contributed by atoms with E-state index in [9.17, 15) is 14.7 Å². The van der Waals surface area contributed by atoms with E-state index in [1.807, 2.05) is 91.0 Å². The van der Waals surface area contributed by atoms with Crippen LogP contribution in [0.4, 0.5) is 0 Å². The van der Waals surface area contributed by atoms with Crippen LogP contribution in [0.5, 0.6) is 0 Å². The van der Waals surface area contributed by atoms with Crippen molar-refractivity contribution in [2.45, 2.75) is 24.3 Å². The van der Waals surface area contributed by atoms with E-state index in [-0.39, 0.29) is 18.7 Å². The molecule has 4 nitrogen and oxygen atoms in total. The summed E-state index contributed by atoms with van der Waals surface area (Å²) in [4.78, 5) is 25.6. The summed E-state index contributed by atoms with van der Waals surface area (Å²) >= 11 is 6.07. The van der Waals surface area contributed by atoms with Gasteiger partial charge in [0, 0.05) is 17.9 Å². The van der Waals surface area contributed by atoms with Crippen LogP contribution in [0.3, 0.4) is 0 Å². The largest absolute Gasteiger partial charge is 0.480 e. The Morgan fingerprint density at radius 2 is 1.23 bits per heavy atom. The number of carboxylic acid groups (broad SMARTS) is 1. The first-order valence-electron chi connectivity index (χ1n) is 11.4. The Bertz CT molecular complexity index is 1180. The number of halogens is 1. The molecule has 0 unspecified atom stereocenters. The van der Waals surface area contributed by atoms with Crippen molar-refractivity contribution in [2.75, 3.05) is 0 Å². The van der Waals surface area contributed by atoms with E-state index in [1.165, 1.54) is 0 Å². The number of carbonyl (C=O) groups excluding carboxylic acids is 1. The summed E-state index contributed by atoms with van der Waals surface area (Å²) in [6, 6.07) is 35.5. The number of hydrogen-bond donors (Lipinski definition) is 2. The normalized spacial score (nSPS) is 12.0. The number of aliphatic carboxylic acids is 1. The number of benzene rings is 4. The number of carbonyl (C=O) groups is 2. The zero-order valence-electron chi connectivity index (χ0n) is 19.1. The first kappa shape index (κ1) is 24.2. The van der Waals surface area contributed by atoms with Gasteiger partial charge in [-0.25, -0.2) is 4.79 Å². The van der Waals surface area contributed by atoms with Gasteiger partial charge in [-0.1, -0.05) is 115 Å². The zero-order chi connectivity index (χ0) is 24.7. The molecule has 0 radical (unpaired) electrons. The number of nitrogens with one attached hydrogen (secondary N) is 1. The third kappa shape index (κ3) is 5.61. The molecule has 4 rings (SSSR count). The third-order valence-corrected chi connectivity index (χ3v) is 6.42. The summed E-state index contributed by atoms with van der Waals surface area (Å²) < 4.78 is 0. The highest BCUT2D eigenvalue weighted by Gasteiger charge is 2.39. The van der Waals surface area contributed by atoms with Crippen LogP contribution in [0, 0.1) is 0 Å². The van der Waals surface area contributed by atoms with E-state index in [0.29, 0.717) is 5.02 Å². The smallest absolute Gasteiger partial charge is 0.326 e. The van der Waals surface area contributed by atoms with Crippen LogP contribution in [-0.2, 0) is 21.4 Å². The quantitative estimate of drug-likeness (QED) is 0.292. The van der Waals surface area contributed by atoms with E-state index in [2.05, 4.69) is 5.32 Å². The molecule has 0 spiro atoms. The van der Waals surface area contributed by atoms with Crippen molar-refractivity contribution in [1.29, 1.82) is 0 Å². The molecular formula is C30H26ClNO3. The van der Waals surface area contributed by atoms with Crippen LogP contribution < -0.4 is 5.32 Å². The lowest BCUT2D eigenvalue weighted by molar-refractivity contribution is -0.141. The van der Waals surface area contributed by atoms with Crippen molar-refractivity contribution in [1.82, 2.24) is 5.32 Å². The Morgan fingerprint density at radius 3 is 1.66 bits per heavy atom. The van der Waals surface area contributed by atoms with Crippen molar-refractivity contribution >= 4 is 23.5 Å². The summed E-state index contributed by atoms with van der Waals surface area (Å²) in [5.74, 6) is -1.45. The molecule has 0 aliphatic rings. The predicted molar refractivity (Wildman–Crippen MR) is 139 cm³/mol. The molecule has 0 saturated carbocycles. The zero-order valence-corrected chi connectivity index (χ0v) is 19.9. The predicted octanol–water partition coefficient (Wildman–Crippen LogP) is 5.88. The van der Waals surface area contributed by atoms with Gasteiger partial charge in [0.05, 0.1) is 5.41 Å². The standard InChI is InChI=1S/C30H26ClNO3/c31-26-18-10-11-22(19-26)20-27(29(34)35)32-28(33)21-30(23-12-4-1-5-13-23,24-14-6-2-7-15-24)25-16-8-3-9-17-25/h1-19,27H,20-21H2,(H,32,33)(H,34,35)/t27-/m0/s1. The Hall–Kier alpha value is -3.89. The Labute approximate surface area is 210 Å². The maximum atomic E-state index is 13.6. The highest BCUT2D eigenvalue weighted by molar-refractivity contribution is 6.30.